The van der Waals surface area contributed by atoms with E-state index in [1.54, 1.807) is 47.8 Å². The summed E-state index contributed by atoms with van der Waals surface area (Å²) in [6.07, 6.45) is 5.97. The first-order valence-electron chi connectivity index (χ1n) is 9.65. The van der Waals surface area contributed by atoms with Crippen molar-refractivity contribution in [2.45, 2.75) is 13.0 Å². The molecule has 2 aromatic heterocycles. The van der Waals surface area contributed by atoms with Gasteiger partial charge in [0, 0.05) is 37.1 Å². The number of methoxy groups -OCH3 is 2. The topological polar surface area (TPSA) is 69.5 Å². The average Bonchev–Trinajstić information content (AvgIpc) is 3.46. The molecule has 31 heavy (non-hydrogen) atoms. The van der Waals surface area contributed by atoms with Gasteiger partial charge in [0.25, 0.3) is 5.91 Å². The molecule has 0 fully saturated rings. The van der Waals surface area contributed by atoms with E-state index in [1.807, 2.05) is 10.8 Å². The summed E-state index contributed by atoms with van der Waals surface area (Å²) >= 11 is 1.28. The molecule has 4 aromatic rings. The number of rotatable bonds is 8. The zero-order chi connectivity index (χ0) is 21.8. The fourth-order valence-corrected chi connectivity index (χ4v) is 4.22. The molecule has 0 unspecified atom stereocenters. The predicted molar refractivity (Wildman–Crippen MR) is 118 cm³/mol. The quantitative estimate of drug-likeness (QED) is 0.407. The van der Waals surface area contributed by atoms with E-state index < -0.39 is 5.82 Å². The largest absolute Gasteiger partial charge is 0.497 e. The smallest absolute Gasteiger partial charge is 0.260 e. The summed E-state index contributed by atoms with van der Waals surface area (Å²) in [5, 5.41) is 0.442. The summed E-state index contributed by atoms with van der Waals surface area (Å²) in [5.41, 5.74) is 0.664. The van der Waals surface area contributed by atoms with E-state index in [9.17, 15) is 9.18 Å². The van der Waals surface area contributed by atoms with Gasteiger partial charge < -0.3 is 14.0 Å². The Balaban J connectivity index is 1.68. The first-order valence-corrected chi connectivity index (χ1v) is 10.5. The number of amides is 1. The van der Waals surface area contributed by atoms with Crippen LogP contribution in [0.3, 0.4) is 0 Å². The highest BCUT2D eigenvalue weighted by Gasteiger charge is 2.23. The second-order valence-electron chi connectivity index (χ2n) is 6.80. The van der Waals surface area contributed by atoms with E-state index in [0.29, 0.717) is 46.4 Å². The van der Waals surface area contributed by atoms with Crippen molar-refractivity contribution in [3.8, 4) is 11.5 Å². The van der Waals surface area contributed by atoms with Gasteiger partial charge in [-0.2, -0.15) is 0 Å². The van der Waals surface area contributed by atoms with Crippen LogP contribution >= 0.6 is 11.3 Å². The Morgan fingerprint density at radius 3 is 2.61 bits per heavy atom. The summed E-state index contributed by atoms with van der Waals surface area (Å²) in [7, 11) is 3.06. The van der Waals surface area contributed by atoms with Crippen LogP contribution in [0, 0.1) is 5.82 Å². The highest BCUT2D eigenvalue weighted by Crippen LogP contribution is 2.32. The number of carbonyl (C=O) groups is 1. The van der Waals surface area contributed by atoms with Gasteiger partial charge in [0.1, 0.15) is 22.8 Å². The molecule has 160 valence electrons. The molecule has 0 aliphatic rings. The summed E-state index contributed by atoms with van der Waals surface area (Å²) in [4.78, 5) is 23.6. The Bertz CT molecular complexity index is 1170. The number of aromatic nitrogens is 3. The number of aryl methyl sites for hydroxylation is 1. The molecule has 9 heteroatoms. The summed E-state index contributed by atoms with van der Waals surface area (Å²) < 4.78 is 27.5. The van der Waals surface area contributed by atoms with Crippen LogP contribution in [0.25, 0.3) is 10.2 Å². The van der Waals surface area contributed by atoms with Gasteiger partial charge in [-0.3, -0.25) is 9.69 Å². The lowest BCUT2D eigenvalue weighted by Gasteiger charge is -2.20. The number of ether oxygens (including phenoxy) is 2. The third kappa shape index (κ3) is 4.51. The van der Waals surface area contributed by atoms with Crippen LogP contribution < -0.4 is 14.4 Å². The van der Waals surface area contributed by atoms with Gasteiger partial charge in [-0.15, -0.1) is 0 Å². The number of thiazole rings is 1. The zero-order valence-corrected chi connectivity index (χ0v) is 17.9. The number of fused-ring (bicyclic) bond motifs is 1. The standard InChI is InChI=1S/C22H21FN4O3S/c1-29-16-11-15(12-17(13-16)30-2)21(28)27(9-4-8-26-10-7-24-14-26)22-25-20-18(23)5-3-6-19(20)31-22/h3,5-7,10-14H,4,8-9H2,1-2H3. The van der Waals surface area contributed by atoms with Gasteiger partial charge in [0.15, 0.2) is 5.13 Å². The molecule has 0 bridgehead atoms. The minimum Gasteiger partial charge on any atom is -0.497 e. The molecule has 0 saturated carbocycles. The van der Waals surface area contributed by atoms with Crippen molar-refractivity contribution < 1.29 is 18.7 Å². The second kappa shape index (κ2) is 9.13. The summed E-state index contributed by atoms with van der Waals surface area (Å²) in [6, 6.07) is 9.81. The maximum Gasteiger partial charge on any atom is 0.260 e. The first-order chi connectivity index (χ1) is 15.1. The predicted octanol–water partition coefficient (Wildman–Crippen LogP) is 4.39. The minimum atomic E-state index is -0.408. The number of hydrogen-bond donors (Lipinski definition) is 0. The number of hydrogen-bond acceptors (Lipinski definition) is 6. The third-order valence-electron chi connectivity index (χ3n) is 4.79. The lowest BCUT2D eigenvalue weighted by atomic mass is 10.1. The molecule has 1 amide bonds. The molecule has 0 atom stereocenters. The molecule has 4 rings (SSSR count). The number of benzene rings is 2. The number of para-hydroxylation sites is 1. The monoisotopic (exact) mass is 440 g/mol. The van der Waals surface area contributed by atoms with Crippen LogP contribution in [0.4, 0.5) is 9.52 Å². The van der Waals surface area contributed by atoms with E-state index in [2.05, 4.69) is 9.97 Å². The molecule has 0 N–H and O–H groups in total. The number of halogens is 1. The Kier molecular flexibility index (Phi) is 6.13. The van der Waals surface area contributed by atoms with Crippen LogP contribution in [0.1, 0.15) is 16.8 Å². The van der Waals surface area contributed by atoms with Gasteiger partial charge in [-0.05, 0) is 30.7 Å². The van der Waals surface area contributed by atoms with Crippen LogP contribution in [-0.2, 0) is 6.54 Å². The van der Waals surface area contributed by atoms with Crippen LogP contribution in [0.5, 0.6) is 11.5 Å². The minimum absolute atomic E-state index is 0.262. The van der Waals surface area contributed by atoms with Crippen LogP contribution in [-0.4, -0.2) is 41.2 Å². The molecule has 2 aromatic carbocycles. The molecule has 0 radical (unpaired) electrons. The molecule has 0 spiro atoms. The maximum atomic E-state index is 14.2. The molecular weight excluding hydrogens is 419 g/mol. The van der Waals surface area contributed by atoms with Gasteiger partial charge in [-0.25, -0.2) is 14.4 Å². The first kappa shape index (κ1) is 20.8. The highest BCUT2D eigenvalue weighted by atomic mass is 32.1. The SMILES string of the molecule is COc1cc(OC)cc(C(=O)N(CCCn2ccnc2)c2nc3c(F)cccc3s2)c1. The fourth-order valence-electron chi connectivity index (χ4n) is 3.22. The maximum absolute atomic E-state index is 14.2. The number of imidazole rings is 1. The van der Waals surface area contributed by atoms with Crippen molar-refractivity contribution in [1.82, 2.24) is 14.5 Å². The molecule has 7 nitrogen and oxygen atoms in total. The molecule has 0 saturated heterocycles. The Labute approximate surface area is 182 Å². The molecule has 0 aliphatic heterocycles. The molecule has 2 heterocycles. The number of anilines is 1. The van der Waals surface area contributed by atoms with Gasteiger partial charge >= 0.3 is 0 Å². The van der Waals surface area contributed by atoms with Crippen molar-refractivity contribution in [1.29, 1.82) is 0 Å². The summed E-state index contributed by atoms with van der Waals surface area (Å²) in [6.45, 7) is 1.09. The van der Waals surface area contributed by atoms with Crippen molar-refractivity contribution in [3.63, 3.8) is 0 Å². The summed E-state index contributed by atoms with van der Waals surface area (Å²) in [5.74, 6) is 0.351. The van der Waals surface area contributed by atoms with E-state index in [0.717, 1.165) is 0 Å². The van der Waals surface area contributed by atoms with Gasteiger partial charge in [0.2, 0.25) is 0 Å². The normalized spacial score (nSPS) is 10.9. The zero-order valence-electron chi connectivity index (χ0n) is 17.1. The van der Waals surface area contributed by atoms with Gasteiger partial charge in [0.05, 0.1) is 25.2 Å². The molecule has 0 aliphatic carbocycles. The van der Waals surface area contributed by atoms with Gasteiger partial charge in [-0.1, -0.05) is 17.4 Å². The van der Waals surface area contributed by atoms with E-state index in [1.165, 1.54) is 31.6 Å². The Morgan fingerprint density at radius 2 is 1.97 bits per heavy atom. The second-order valence-corrected chi connectivity index (χ2v) is 7.80. The van der Waals surface area contributed by atoms with Crippen molar-refractivity contribution >= 4 is 32.6 Å². The number of nitrogens with zero attached hydrogens (tertiary/aromatic N) is 4. The Morgan fingerprint density at radius 1 is 1.19 bits per heavy atom. The average molecular weight is 441 g/mol. The van der Waals surface area contributed by atoms with E-state index in [-0.39, 0.29) is 11.4 Å². The molecular formula is C22H21FN4O3S. The Hall–Kier alpha value is -3.46. The van der Waals surface area contributed by atoms with Crippen molar-refractivity contribution in [2.24, 2.45) is 0 Å². The fraction of sp³-hybridized carbons (Fsp3) is 0.227. The third-order valence-corrected chi connectivity index (χ3v) is 5.83. The van der Waals surface area contributed by atoms with Crippen LogP contribution in [0.15, 0.2) is 55.1 Å². The van der Waals surface area contributed by atoms with Crippen molar-refractivity contribution in [3.05, 3.63) is 66.5 Å². The van der Waals surface area contributed by atoms with E-state index >= 15 is 0 Å². The highest BCUT2D eigenvalue weighted by molar-refractivity contribution is 7.22. The van der Waals surface area contributed by atoms with Crippen LogP contribution in [0.2, 0.25) is 0 Å². The van der Waals surface area contributed by atoms with E-state index in [4.69, 9.17) is 9.47 Å². The number of carbonyl (C=O) groups excluding carboxylic acids is 1. The lowest BCUT2D eigenvalue weighted by Crippen LogP contribution is -2.32. The lowest BCUT2D eigenvalue weighted by molar-refractivity contribution is 0.0985. The van der Waals surface area contributed by atoms with Crippen molar-refractivity contribution in [2.75, 3.05) is 25.7 Å².